The summed E-state index contributed by atoms with van der Waals surface area (Å²) in [5.41, 5.74) is 3.81. The number of benzene rings is 3. The van der Waals surface area contributed by atoms with Crippen LogP contribution in [0.2, 0.25) is 5.02 Å². The van der Waals surface area contributed by atoms with Crippen molar-refractivity contribution in [1.82, 2.24) is 9.88 Å². The fraction of sp³-hybridized carbons (Fsp3) is 0.231. The van der Waals surface area contributed by atoms with Crippen molar-refractivity contribution in [2.45, 2.75) is 31.8 Å². The largest absolute Gasteiger partial charge is 0.457 e. The number of nitrogens with one attached hydrogen (secondary N) is 1. The van der Waals surface area contributed by atoms with Gasteiger partial charge in [-0.05, 0) is 78.9 Å². The first-order valence-corrected chi connectivity index (χ1v) is 11.0. The van der Waals surface area contributed by atoms with Crippen LogP contribution in [0.25, 0.3) is 10.9 Å². The highest BCUT2D eigenvalue weighted by Gasteiger charge is 2.25. The molecule has 0 aliphatic carbocycles. The van der Waals surface area contributed by atoms with Gasteiger partial charge in [0.2, 0.25) is 0 Å². The van der Waals surface area contributed by atoms with Crippen molar-refractivity contribution in [3.05, 3.63) is 95.1 Å². The lowest BCUT2D eigenvalue weighted by Gasteiger charge is -2.35. The molecule has 1 N–H and O–H groups in total. The van der Waals surface area contributed by atoms with Gasteiger partial charge in [0, 0.05) is 22.8 Å². The maximum Gasteiger partial charge on any atom is 0.127 e. The summed E-state index contributed by atoms with van der Waals surface area (Å²) < 4.78 is 6.03. The molecule has 3 nitrogen and oxygen atoms in total. The van der Waals surface area contributed by atoms with Crippen LogP contribution in [0.5, 0.6) is 11.5 Å². The molecule has 4 heteroatoms. The van der Waals surface area contributed by atoms with E-state index in [1.54, 1.807) is 0 Å². The molecule has 1 unspecified atom stereocenters. The Morgan fingerprint density at radius 1 is 0.900 bits per heavy atom. The number of rotatable bonds is 5. The molecule has 1 aromatic heterocycles. The maximum absolute atomic E-state index is 6.03. The highest BCUT2D eigenvalue weighted by Crippen LogP contribution is 2.34. The molecule has 2 heterocycles. The van der Waals surface area contributed by atoms with Crippen molar-refractivity contribution >= 4 is 22.5 Å². The molecule has 1 aliphatic heterocycles. The lowest BCUT2D eigenvalue weighted by molar-refractivity contribution is 0.138. The van der Waals surface area contributed by atoms with Gasteiger partial charge in [0.1, 0.15) is 11.5 Å². The van der Waals surface area contributed by atoms with Gasteiger partial charge < -0.3 is 9.72 Å². The van der Waals surface area contributed by atoms with Crippen LogP contribution in [0.15, 0.2) is 78.9 Å². The van der Waals surface area contributed by atoms with E-state index in [4.69, 9.17) is 16.3 Å². The Bertz CT molecular complexity index is 1100. The summed E-state index contributed by atoms with van der Waals surface area (Å²) in [5, 5.41) is 2.00. The first kappa shape index (κ1) is 19.2. The minimum atomic E-state index is 0.423. The Balaban J connectivity index is 1.35. The molecule has 4 aromatic rings. The molecule has 0 bridgehead atoms. The molecule has 3 aromatic carbocycles. The van der Waals surface area contributed by atoms with E-state index in [0.717, 1.165) is 24.6 Å². The molecule has 0 amide bonds. The summed E-state index contributed by atoms with van der Waals surface area (Å²) in [6.07, 6.45) is 3.71. The van der Waals surface area contributed by atoms with Crippen LogP contribution in [-0.2, 0) is 6.54 Å². The van der Waals surface area contributed by atoms with Crippen molar-refractivity contribution in [2.75, 3.05) is 6.54 Å². The van der Waals surface area contributed by atoms with Gasteiger partial charge in [0.05, 0.1) is 6.04 Å². The zero-order valence-electron chi connectivity index (χ0n) is 16.9. The number of aromatic nitrogens is 1. The molecule has 1 aliphatic rings. The number of aromatic amines is 1. The van der Waals surface area contributed by atoms with E-state index >= 15 is 0 Å². The third-order valence-corrected chi connectivity index (χ3v) is 6.11. The minimum Gasteiger partial charge on any atom is -0.457 e. The number of H-pyrrole nitrogens is 1. The predicted octanol–water partition coefficient (Wildman–Crippen LogP) is 7.34. The van der Waals surface area contributed by atoms with Gasteiger partial charge in [0.15, 0.2) is 0 Å². The second-order valence-corrected chi connectivity index (χ2v) is 8.43. The topological polar surface area (TPSA) is 28.3 Å². The van der Waals surface area contributed by atoms with Gasteiger partial charge in [-0.15, -0.1) is 0 Å². The van der Waals surface area contributed by atoms with Crippen LogP contribution >= 0.6 is 11.6 Å². The van der Waals surface area contributed by atoms with Crippen molar-refractivity contribution in [3.8, 4) is 11.5 Å². The Morgan fingerprint density at radius 3 is 2.63 bits per heavy atom. The number of fused-ring (bicyclic) bond motifs is 1. The molecule has 0 saturated carbocycles. The lowest BCUT2D eigenvalue weighted by atomic mass is 9.98. The molecule has 30 heavy (non-hydrogen) atoms. The Morgan fingerprint density at radius 2 is 1.77 bits per heavy atom. The average Bonchev–Trinajstić information content (AvgIpc) is 3.20. The van der Waals surface area contributed by atoms with E-state index < -0.39 is 0 Å². The number of nitrogens with zero attached hydrogens (tertiary/aromatic N) is 1. The van der Waals surface area contributed by atoms with E-state index in [2.05, 4.69) is 58.4 Å². The second kappa shape index (κ2) is 8.55. The highest BCUT2D eigenvalue weighted by molar-refractivity contribution is 6.30. The van der Waals surface area contributed by atoms with E-state index in [1.807, 2.05) is 30.3 Å². The van der Waals surface area contributed by atoms with E-state index in [0.29, 0.717) is 11.1 Å². The van der Waals surface area contributed by atoms with Crippen molar-refractivity contribution < 1.29 is 4.74 Å². The number of para-hydroxylation sites is 1. The molecule has 5 rings (SSSR count). The van der Waals surface area contributed by atoms with E-state index in [-0.39, 0.29) is 0 Å². The quantitative estimate of drug-likeness (QED) is 0.368. The molecular weight excluding hydrogens is 392 g/mol. The van der Waals surface area contributed by atoms with Crippen LogP contribution in [0.3, 0.4) is 0 Å². The Hall–Kier alpha value is -2.75. The van der Waals surface area contributed by atoms with E-state index in [1.165, 1.54) is 41.4 Å². The van der Waals surface area contributed by atoms with Crippen LogP contribution in [0.1, 0.15) is 36.6 Å². The van der Waals surface area contributed by atoms with Crippen molar-refractivity contribution in [2.24, 2.45) is 0 Å². The van der Waals surface area contributed by atoms with Crippen LogP contribution in [0, 0.1) is 0 Å². The highest BCUT2D eigenvalue weighted by atomic mass is 35.5. The molecule has 1 atom stereocenters. The average molecular weight is 417 g/mol. The lowest BCUT2D eigenvalue weighted by Crippen LogP contribution is -2.33. The zero-order chi connectivity index (χ0) is 20.3. The second-order valence-electron chi connectivity index (χ2n) is 8.00. The third-order valence-electron chi connectivity index (χ3n) is 5.86. The van der Waals surface area contributed by atoms with Crippen molar-refractivity contribution in [3.63, 3.8) is 0 Å². The molecule has 1 fully saturated rings. The number of likely N-dealkylation sites (tertiary alicyclic amines) is 1. The summed E-state index contributed by atoms with van der Waals surface area (Å²) in [7, 11) is 0. The minimum absolute atomic E-state index is 0.423. The number of ether oxygens (including phenoxy) is 1. The van der Waals surface area contributed by atoms with Gasteiger partial charge in [-0.25, -0.2) is 0 Å². The van der Waals surface area contributed by atoms with Crippen molar-refractivity contribution in [1.29, 1.82) is 0 Å². The number of hydrogen-bond donors (Lipinski definition) is 1. The first-order chi connectivity index (χ1) is 14.7. The summed E-state index contributed by atoms with van der Waals surface area (Å²) in [5.74, 6) is 1.65. The third kappa shape index (κ3) is 4.23. The Kier molecular flexibility index (Phi) is 5.48. The van der Waals surface area contributed by atoms with Crippen LogP contribution in [-0.4, -0.2) is 16.4 Å². The number of piperidine rings is 1. The van der Waals surface area contributed by atoms with Gasteiger partial charge in [-0.3, -0.25) is 4.90 Å². The van der Waals surface area contributed by atoms with Crippen LogP contribution < -0.4 is 4.74 Å². The monoisotopic (exact) mass is 416 g/mol. The molecule has 0 spiro atoms. The van der Waals surface area contributed by atoms with E-state index in [9.17, 15) is 0 Å². The fourth-order valence-corrected chi connectivity index (χ4v) is 4.51. The van der Waals surface area contributed by atoms with Gasteiger partial charge in [0.25, 0.3) is 0 Å². The molecule has 0 radical (unpaired) electrons. The zero-order valence-corrected chi connectivity index (χ0v) is 17.6. The molecular formula is C26H25ClN2O. The molecule has 152 valence electrons. The predicted molar refractivity (Wildman–Crippen MR) is 123 cm³/mol. The normalized spacial score (nSPS) is 17.3. The van der Waals surface area contributed by atoms with Crippen LogP contribution in [0.4, 0.5) is 0 Å². The summed E-state index contributed by atoms with van der Waals surface area (Å²) in [6.45, 7) is 2.03. The number of halogens is 1. The fourth-order valence-electron chi connectivity index (χ4n) is 4.39. The molecule has 1 saturated heterocycles. The van der Waals surface area contributed by atoms with Gasteiger partial charge in [-0.2, -0.15) is 0 Å². The maximum atomic E-state index is 6.03. The summed E-state index contributed by atoms with van der Waals surface area (Å²) >= 11 is 5.97. The number of hydrogen-bond acceptors (Lipinski definition) is 2. The standard InChI is InChI=1S/C26H25ClN2O/c27-21-11-13-22(14-12-21)30-23-8-5-6-19(16-23)18-29-15-4-3-10-26(29)25-17-20-7-1-2-9-24(20)28-25/h1-2,5-9,11-14,16-17,26,28H,3-4,10,15,18H2. The SMILES string of the molecule is Clc1ccc(Oc2cccc(CN3CCCCC3c3cc4ccccc4[nH]3)c2)cc1. The Labute approximate surface area is 182 Å². The van der Waals surface area contributed by atoms with Gasteiger partial charge in [-0.1, -0.05) is 48.4 Å². The first-order valence-electron chi connectivity index (χ1n) is 10.6. The van der Waals surface area contributed by atoms with Gasteiger partial charge >= 0.3 is 0 Å². The summed E-state index contributed by atoms with van der Waals surface area (Å²) in [4.78, 5) is 6.25. The summed E-state index contributed by atoms with van der Waals surface area (Å²) in [6, 6.07) is 27.2. The smallest absolute Gasteiger partial charge is 0.127 e.